The normalized spacial score (nSPS) is 15.9. The van der Waals surface area contributed by atoms with Crippen molar-refractivity contribution in [3.63, 3.8) is 0 Å². The van der Waals surface area contributed by atoms with Crippen LogP contribution in [-0.2, 0) is 16.0 Å². The molecule has 2 amide bonds. The number of carbonyl (C=O) groups is 2. The smallest absolute Gasteiger partial charge is 0.282 e. The number of imide groups is 1. The second-order valence-corrected chi connectivity index (χ2v) is 7.19. The molecule has 0 atom stereocenters. The van der Waals surface area contributed by atoms with Crippen LogP contribution in [0.4, 0.5) is 20.2 Å². The molecule has 0 unspecified atom stereocenters. The summed E-state index contributed by atoms with van der Waals surface area (Å²) in [6.45, 7) is 0.537. The molecule has 0 N–H and O–H groups in total. The number of hydrogen-bond acceptors (Lipinski definition) is 3. The Morgan fingerprint density at radius 3 is 2.30 bits per heavy atom. The number of benzene rings is 3. The van der Waals surface area contributed by atoms with E-state index < -0.39 is 23.4 Å². The first-order valence-electron chi connectivity index (χ1n) is 9.54. The standard InChI is InChI=1S/C24H16F2N2O2/c25-17-10-8-16(9-11-17)21-22(27-13-12-15-4-1-2-7-20(15)27)24(30)28(23(21)29)19-6-3-5-18(26)14-19/h1-11,14H,12-13H2. The first-order valence-corrected chi connectivity index (χ1v) is 9.54. The molecule has 0 spiro atoms. The van der Waals surface area contributed by atoms with Gasteiger partial charge in [-0.1, -0.05) is 36.4 Å². The molecule has 148 valence electrons. The van der Waals surface area contributed by atoms with E-state index in [0.717, 1.165) is 28.6 Å². The number of hydrogen-bond donors (Lipinski definition) is 0. The number of halogens is 2. The summed E-state index contributed by atoms with van der Waals surface area (Å²) in [6, 6.07) is 18.5. The number of carbonyl (C=O) groups excluding carboxylic acids is 2. The SMILES string of the molecule is O=C1C(c2ccc(F)cc2)=C(N2CCc3ccccc32)C(=O)N1c1cccc(F)c1. The fourth-order valence-corrected chi connectivity index (χ4v) is 4.07. The van der Waals surface area contributed by atoms with Crippen molar-refractivity contribution in [2.24, 2.45) is 0 Å². The van der Waals surface area contributed by atoms with Gasteiger partial charge < -0.3 is 4.90 Å². The topological polar surface area (TPSA) is 40.6 Å². The molecule has 0 aliphatic carbocycles. The Hall–Kier alpha value is -3.80. The fraction of sp³-hybridized carbons (Fsp3) is 0.0833. The Kier molecular flexibility index (Phi) is 4.20. The summed E-state index contributed by atoms with van der Waals surface area (Å²) in [7, 11) is 0. The number of nitrogens with zero attached hydrogens (tertiary/aromatic N) is 2. The van der Waals surface area contributed by atoms with Crippen molar-refractivity contribution in [1.82, 2.24) is 0 Å². The lowest BCUT2D eigenvalue weighted by molar-refractivity contribution is -0.120. The second-order valence-electron chi connectivity index (χ2n) is 7.19. The van der Waals surface area contributed by atoms with Gasteiger partial charge >= 0.3 is 0 Å². The molecule has 0 fully saturated rings. The van der Waals surface area contributed by atoms with Gasteiger partial charge in [0.05, 0.1) is 11.3 Å². The number of rotatable bonds is 3. The zero-order valence-corrected chi connectivity index (χ0v) is 15.8. The van der Waals surface area contributed by atoms with E-state index in [1.54, 1.807) is 0 Å². The molecule has 2 aliphatic rings. The van der Waals surface area contributed by atoms with Crippen LogP contribution < -0.4 is 9.80 Å². The van der Waals surface area contributed by atoms with Crippen molar-refractivity contribution < 1.29 is 18.4 Å². The zero-order valence-electron chi connectivity index (χ0n) is 15.8. The van der Waals surface area contributed by atoms with E-state index in [1.807, 2.05) is 29.2 Å². The third kappa shape index (κ3) is 2.80. The van der Waals surface area contributed by atoms with Gasteiger partial charge in [-0.2, -0.15) is 0 Å². The lowest BCUT2D eigenvalue weighted by Crippen LogP contribution is -2.34. The maximum absolute atomic E-state index is 13.8. The highest BCUT2D eigenvalue weighted by molar-refractivity contribution is 6.46. The molecule has 3 aromatic carbocycles. The molecule has 2 heterocycles. The molecule has 0 aromatic heterocycles. The van der Waals surface area contributed by atoms with Gasteiger partial charge in [0.2, 0.25) is 0 Å². The van der Waals surface area contributed by atoms with Crippen molar-refractivity contribution in [3.05, 3.63) is 101 Å². The third-order valence-electron chi connectivity index (χ3n) is 5.42. The summed E-state index contributed by atoms with van der Waals surface area (Å²) in [4.78, 5) is 29.7. The number of para-hydroxylation sites is 1. The summed E-state index contributed by atoms with van der Waals surface area (Å²) in [5, 5.41) is 0. The Morgan fingerprint density at radius 2 is 1.53 bits per heavy atom. The average Bonchev–Trinajstić information content (AvgIpc) is 3.27. The lowest BCUT2D eigenvalue weighted by Gasteiger charge is -2.21. The molecule has 0 radical (unpaired) electrons. The van der Waals surface area contributed by atoms with E-state index in [4.69, 9.17) is 0 Å². The molecule has 2 aliphatic heterocycles. The number of anilines is 2. The van der Waals surface area contributed by atoms with Crippen LogP contribution in [0.2, 0.25) is 0 Å². The van der Waals surface area contributed by atoms with Crippen molar-refractivity contribution in [3.8, 4) is 0 Å². The van der Waals surface area contributed by atoms with Crippen LogP contribution in [0.3, 0.4) is 0 Å². The maximum atomic E-state index is 13.8. The maximum Gasteiger partial charge on any atom is 0.282 e. The second kappa shape index (κ2) is 6.91. The molecular weight excluding hydrogens is 386 g/mol. The minimum Gasteiger partial charge on any atom is -0.336 e. The third-order valence-corrected chi connectivity index (χ3v) is 5.42. The summed E-state index contributed by atoms with van der Waals surface area (Å²) < 4.78 is 27.3. The molecule has 0 saturated carbocycles. The fourth-order valence-electron chi connectivity index (χ4n) is 4.07. The molecular formula is C24H16F2N2O2. The van der Waals surface area contributed by atoms with Crippen LogP contribution in [0.1, 0.15) is 11.1 Å². The van der Waals surface area contributed by atoms with Crippen molar-refractivity contribution in [1.29, 1.82) is 0 Å². The monoisotopic (exact) mass is 402 g/mol. The van der Waals surface area contributed by atoms with Gasteiger partial charge in [0.25, 0.3) is 11.8 Å². The Labute approximate surface area is 171 Å². The summed E-state index contributed by atoms with van der Waals surface area (Å²) in [6.07, 6.45) is 0.734. The van der Waals surface area contributed by atoms with E-state index in [1.165, 1.54) is 42.5 Å². The zero-order chi connectivity index (χ0) is 20.8. The average molecular weight is 402 g/mol. The van der Waals surface area contributed by atoms with Crippen LogP contribution in [0.15, 0.2) is 78.5 Å². The highest BCUT2D eigenvalue weighted by Crippen LogP contribution is 2.40. The van der Waals surface area contributed by atoms with Crippen LogP contribution in [0.25, 0.3) is 5.57 Å². The minimum absolute atomic E-state index is 0.159. The van der Waals surface area contributed by atoms with E-state index in [2.05, 4.69) is 0 Å². The molecule has 4 nitrogen and oxygen atoms in total. The van der Waals surface area contributed by atoms with Crippen LogP contribution in [0.5, 0.6) is 0 Å². The Morgan fingerprint density at radius 1 is 0.767 bits per heavy atom. The predicted molar refractivity (Wildman–Crippen MR) is 110 cm³/mol. The van der Waals surface area contributed by atoms with Crippen LogP contribution in [-0.4, -0.2) is 18.4 Å². The van der Waals surface area contributed by atoms with E-state index in [0.29, 0.717) is 12.1 Å². The van der Waals surface area contributed by atoms with Crippen molar-refractivity contribution in [2.75, 3.05) is 16.3 Å². The van der Waals surface area contributed by atoms with Gasteiger partial charge in [-0.05, 0) is 53.9 Å². The number of amides is 2. The molecule has 3 aromatic rings. The molecule has 0 saturated heterocycles. The van der Waals surface area contributed by atoms with Gasteiger partial charge in [0, 0.05) is 12.2 Å². The van der Waals surface area contributed by atoms with Crippen molar-refractivity contribution in [2.45, 2.75) is 6.42 Å². The van der Waals surface area contributed by atoms with Gasteiger partial charge in [-0.15, -0.1) is 0 Å². The van der Waals surface area contributed by atoms with Gasteiger partial charge in [-0.3, -0.25) is 9.59 Å². The Bertz CT molecular complexity index is 1220. The quantitative estimate of drug-likeness (QED) is 0.613. The molecule has 6 heteroatoms. The van der Waals surface area contributed by atoms with E-state index in [-0.39, 0.29) is 17.0 Å². The largest absolute Gasteiger partial charge is 0.336 e. The molecule has 30 heavy (non-hydrogen) atoms. The van der Waals surface area contributed by atoms with E-state index in [9.17, 15) is 18.4 Å². The summed E-state index contributed by atoms with van der Waals surface area (Å²) in [5.74, 6) is -2.07. The van der Waals surface area contributed by atoms with Crippen LogP contribution >= 0.6 is 0 Å². The highest BCUT2D eigenvalue weighted by atomic mass is 19.1. The first-order chi connectivity index (χ1) is 14.5. The van der Waals surface area contributed by atoms with Gasteiger partial charge in [-0.25, -0.2) is 13.7 Å². The number of fused-ring (bicyclic) bond motifs is 1. The van der Waals surface area contributed by atoms with Gasteiger partial charge in [0.1, 0.15) is 17.3 Å². The first kappa shape index (κ1) is 18.2. The summed E-state index contributed by atoms with van der Waals surface area (Å²) in [5.41, 5.74) is 2.93. The van der Waals surface area contributed by atoms with Crippen molar-refractivity contribution >= 4 is 28.8 Å². The van der Waals surface area contributed by atoms with E-state index >= 15 is 0 Å². The predicted octanol–water partition coefficient (Wildman–Crippen LogP) is 4.31. The van der Waals surface area contributed by atoms with Gasteiger partial charge in [0.15, 0.2) is 0 Å². The lowest BCUT2D eigenvalue weighted by atomic mass is 10.0. The Balaban J connectivity index is 1.69. The van der Waals surface area contributed by atoms with Crippen LogP contribution in [0, 0.1) is 11.6 Å². The summed E-state index contributed by atoms with van der Waals surface area (Å²) >= 11 is 0. The minimum atomic E-state index is -0.559. The highest BCUT2D eigenvalue weighted by Gasteiger charge is 2.44. The molecule has 0 bridgehead atoms. The molecule has 5 rings (SSSR count).